The molecule has 5 heterocycles. The molecule has 44 heavy (non-hydrogen) atoms. The Bertz CT molecular complexity index is 1600. The van der Waals surface area contributed by atoms with Crippen LogP contribution in [0.3, 0.4) is 0 Å². The van der Waals surface area contributed by atoms with Crippen LogP contribution in [0.5, 0.6) is 6.01 Å². The van der Waals surface area contributed by atoms with E-state index in [-0.39, 0.29) is 18.0 Å². The predicted molar refractivity (Wildman–Crippen MR) is 171 cm³/mol. The first-order valence-corrected chi connectivity index (χ1v) is 16.0. The Kier molecular flexibility index (Phi) is 7.77. The van der Waals surface area contributed by atoms with E-state index in [0.717, 1.165) is 49.6 Å². The third-order valence-corrected chi connectivity index (χ3v) is 10.1. The number of nitriles is 1. The van der Waals surface area contributed by atoms with E-state index in [0.29, 0.717) is 51.3 Å². The first-order chi connectivity index (χ1) is 21.4. The first kappa shape index (κ1) is 28.8. The summed E-state index contributed by atoms with van der Waals surface area (Å²) in [5, 5.41) is 12.2. The van der Waals surface area contributed by atoms with Gasteiger partial charge in [0, 0.05) is 55.4 Å². The van der Waals surface area contributed by atoms with Crippen molar-refractivity contribution in [2.45, 2.75) is 57.3 Å². The van der Waals surface area contributed by atoms with Crippen LogP contribution in [0.15, 0.2) is 36.4 Å². The van der Waals surface area contributed by atoms with Crippen molar-refractivity contribution >= 4 is 28.2 Å². The Labute approximate surface area is 259 Å². The van der Waals surface area contributed by atoms with Crippen LogP contribution in [0.1, 0.15) is 36.1 Å². The highest BCUT2D eigenvalue weighted by molar-refractivity contribution is 5.97. The van der Waals surface area contributed by atoms with Gasteiger partial charge in [0.15, 0.2) is 0 Å². The summed E-state index contributed by atoms with van der Waals surface area (Å²) in [6.07, 6.45) is 3.41. The van der Waals surface area contributed by atoms with Gasteiger partial charge in [0.25, 0.3) is 0 Å². The monoisotopic (exact) mass is 594 g/mol. The minimum Gasteiger partial charge on any atom is -0.462 e. The minimum atomic E-state index is -0.170. The number of hydrogen-bond donors (Lipinski definition) is 0. The zero-order chi connectivity index (χ0) is 30.4. The summed E-state index contributed by atoms with van der Waals surface area (Å²) < 4.78 is 6.34. The van der Waals surface area contributed by atoms with Crippen LogP contribution in [0.25, 0.3) is 10.8 Å². The zero-order valence-electron chi connectivity index (χ0n) is 26.1. The van der Waals surface area contributed by atoms with Crippen molar-refractivity contribution in [3.05, 3.63) is 53.2 Å². The summed E-state index contributed by atoms with van der Waals surface area (Å²) in [7, 11) is 4.12. The number of ether oxygens (including phenoxy) is 1. The van der Waals surface area contributed by atoms with Gasteiger partial charge in [-0.15, -0.1) is 0 Å². The maximum atomic E-state index is 13.2. The number of nitrogens with zero attached hydrogens (tertiary/aromatic N) is 8. The van der Waals surface area contributed by atoms with Crippen molar-refractivity contribution in [1.82, 2.24) is 24.7 Å². The second kappa shape index (κ2) is 11.9. The van der Waals surface area contributed by atoms with Crippen molar-refractivity contribution in [2.24, 2.45) is 0 Å². The molecule has 0 spiro atoms. The number of carbonyl (C=O) groups excluding carboxylic acids is 1. The summed E-state index contributed by atoms with van der Waals surface area (Å²) in [6.45, 7) is 7.99. The summed E-state index contributed by atoms with van der Waals surface area (Å²) in [5.74, 6) is 1.04. The molecule has 3 fully saturated rings. The topological polar surface area (TPSA) is 91.8 Å². The molecule has 2 aromatic carbocycles. The van der Waals surface area contributed by atoms with Crippen LogP contribution in [0.4, 0.5) is 11.5 Å². The minimum absolute atomic E-state index is 0.0491. The number of likely N-dealkylation sites (tertiary alicyclic amines) is 1. The molecule has 4 aliphatic heterocycles. The smallest absolute Gasteiger partial charge is 0.318 e. The Morgan fingerprint density at radius 3 is 2.57 bits per heavy atom. The number of likely N-dealkylation sites (N-methyl/N-ethyl adjacent to an activating group) is 2. The number of rotatable bonds is 7. The van der Waals surface area contributed by atoms with Crippen molar-refractivity contribution < 1.29 is 9.53 Å². The van der Waals surface area contributed by atoms with Gasteiger partial charge in [-0.1, -0.05) is 30.3 Å². The lowest BCUT2D eigenvalue weighted by Crippen LogP contribution is -2.57. The van der Waals surface area contributed by atoms with E-state index >= 15 is 0 Å². The van der Waals surface area contributed by atoms with Gasteiger partial charge in [-0.3, -0.25) is 9.69 Å². The number of hydrogen-bond acceptors (Lipinski definition) is 9. The van der Waals surface area contributed by atoms with Gasteiger partial charge in [0.1, 0.15) is 18.5 Å². The number of piperazine rings is 1. The van der Waals surface area contributed by atoms with E-state index in [1.807, 2.05) is 16.8 Å². The number of aryl methyl sites for hydroxylation is 1. The first-order valence-electron chi connectivity index (χ1n) is 16.0. The standard InChI is InChI=1S/C34H42N8O2/c1-23-7-4-8-24-9-5-11-29(31(23)24)40-16-13-27-28(20-40)36-34(44-22-26-10-6-15-38(26)2)37-32(27)41-17-18-42(25(19-41)12-14-35)33(43)30-21-39(30)3/h4-5,7-9,11,25-26,30H,6,10,12-13,15-22H2,1-3H3/t25-,26-,30-,39?/m0/s1. The van der Waals surface area contributed by atoms with Crippen LogP contribution in [0.2, 0.25) is 0 Å². The molecule has 3 saturated heterocycles. The van der Waals surface area contributed by atoms with Gasteiger partial charge in [-0.05, 0) is 63.8 Å². The molecule has 4 atom stereocenters. The lowest BCUT2D eigenvalue weighted by Gasteiger charge is -2.42. The average Bonchev–Trinajstić information content (AvgIpc) is 3.63. The van der Waals surface area contributed by atoms with Crippen LogP contribution in [-0.4, -0.2) is 109 Å². The molecule has 0 aliphatic carbocycles. The van der Waals surface area contributed by atoms with Crippen LogP contribution < -0.4 is 14.5 Å². The molecule has 10 nitrogen and oxygen atoms in total. The van der Waals surface area contributed by atoms with Gasteiger partial charge in [-0.2, -0.15) is 15.2 Å². The molecule has 0 N–H and O–H groups in total. The number of benzene rings is 2. The van der Waals surface area contributed by atoms with E-state index in [1.54, 1.807) is 0 Å². The Morgan fingerprint density at radius 1 is 1.00 bits per heavy atom. The number of fused-ring (bicyclic) bond motifs is 2. The molecule has 1 amide bonds. The summed E-state index contributed by atoms with van der Waals surface area (Å²) >= 11 is 0. The van der Waals surface area contributed by atoms with Crippen molar-refractivity contribution in [1.29, 1.82) is 5.26 Å². The normalized spacial score (nSPS) is 25.2. The van der Waals surface area contributed by atoms with Crippen molar-refractivity contribution in [3.8, 4) is 12.1 Å². The van der Waals surface area contributed by atoms with E-state index in [4.69, 9.17) is 14.7 Å². The number of carbonyl (C=O) groups is 1. The molecule has 230 valence electrons. The second-order valence-electron chi connectivity index (χ2n) is 12.9. The maximum absolute atomic E-state index is 13.2. The highest BCUT2D eigenvalue weighted by Gasteiger charge is 2.43. The predicted octanol–water partition coefficient (Wildman–Crippen LogP) is 3.22. The van der Waals surface area contributed by atoms with Gasteiger partial charge in [0.2, 0.25) is 5.91 Å². The highest BCUT2D eigenvalue weighted by Crippen LogP contribution is 2.36. The molecule has 10 heteroatoms. The zero-order valence-corrected chi connectivity index (χ0v) is 26.1. The number of amides is 1. The third-order valence-electron chi connectivity index (χ3n) is 10.1. The van der Waals surface area contributed by atoms with E-state index in [2.05, 4.69) is 71.1 Å². The quantitative estimate of drug-likeness (QED) is 0.383. The van der Waals surface area contributed by atoms with Crippen molar-refractivity contribution in [3.63, 3.8) is 0 Å². The lowest BCUT2D eigenvalue weighted by molar-refractivity contribution is -0.134. The van der Waals surface area contributed by atoms with E-state index in [1.165, 1.54) is 28.4 Å². The number of aromatic nitrogens is 2. The molecule has 3 aromatic rings. The molecule has 0 radical (unpaired) electrons. The summed E-state index contributed by atoms with van der Waals surface area (Å²) in [4.78, 5) is 34.3. The van der Waals surface area contributed by atoms with Crippen molar-refractivity contribution in [2.75, 3.05) is 69.8 Å². The van der Waals surface area contributed by atoms with E-state index < -0.39 is 0 Å². The Hall–Kier alpha value is -3.94. The van der Waals surface area contributed by atoms with Crippen LogP contribution >= 0.6 is 0 Å². The summed E-state index contributed by atoms with van der Waals surface area (Å²) in [5.41, 5.74) is 4.65. The van der Waals surface area contributed by atoms with E-state index in [9.17, 15) is 10.1 Å². The molecule has 1 aromatic heterocycles. The van der Waals surface area contributed by atoms with Gasteiger partial charge >= 0.3 is 6.01 Å². The lowest BCUT2D eigenvalue weighted by atomic mass is 9.99. The molecule has 7 rings (SSSR count). The average molecular weight is 595 g/mol. The summed E-state index contributed by atoms with van der Waals surface area (Å²) in [6, 6.07) is 15.9. The third kappa shape index (κ3) is 5.44. The Balaban J connectivity index is 1.20. The fourth-order valence-electron chi connectivity index (χ4n) is 7.35. The fraction of sp³-hybridized carbons (Fsp3) is 0.529. The van der Waals surface area contributed by atoms with Gasteiger partial charge < -0.3 is 24.3 Å². The van der Waals surface area contributed by atoms with Gasteiger partial charge in [-0.25, -0.2) is 0 Å². The number of anilines is 2. The highest BCUT2D eigenvalue weighted by atomic mass is 16.5. The van der Waals surface area contributed by atoms with Gasteiger partial charge in [0.05, 0.1) is 30.8 Å². The molecule has 1 unspecified atom stereocenters. The Morgan fingerprint density at radius 2 is 1.82 bits per heavy atom. The molecule has 0 saturated carbocycles. The SMILES string of the molecule is Cc1cccc2cccc(N3CCc4c(nc(OC[C@@H]5CCCN5C)nc4N4CCN(C(=O)[C@@H]5CN5C)[C@@H](CC#N)C4)C3)c12. The largest absolute Gasteiger partial charge is 0.462 e. The van der Waals surface area contributed by atoms with Crippen LogP contribution in [0, 0.1) is 18.3 Å². The maximum Gasteiger partial charge on any atom is 0.318 e. The molecule has 4 aliphatic rings. The molecular formula is C34H42N8O2. The fourth-order valence-corrected chi connectivity index (χ4v) is 7.35. The molecule has 0 bridgehead atoms. The van der Waals surface area contributed by atoms with Crippen LogP contribution in [-0.2, 0) is 17.8 Å². The molecular weight excluding hydrogens is 552 g/mol. The second-order valence-corrected chi connectivity index (χ2v) is 12.9.